The maximum Gasteiger partial charge on any atom is 0.327 e. The number of amides is 4. The van der Waals surface area contributed by atoms with Crippen LogP contribution in [0.4, 0.5) is 0 Å². The number of ether oxygens (including phenoxy) is 1. The first-order valence-corrected chi connectivity index (χ1v) is 17.6. The molecule has 15 heteroatoms. The highest BCUT2D eigenvalue weighted by molar-refractivity contribution is 5.89. The van der Waals surface area contributed by atoms with Gasteiger partial charge in [-0.2, -0.15) is 0 Å². The highest BCUT2D eigenvalue weighted by atomic mass is 16.5. The average molecular weight is 724 g/mol. The van der Waals surface area contributed by atoms with E-state index in [1.807, 2.05) is 62.4 Å². The van der Waals surface area contributed by atoms with Crippen LogP contribution in [0.1, 0.15) is 57.1 Å². The summed E-state index contributed by atoms with van der Waals surface area (Å²) in [6.45, 7) is 4.96. The zero-order valence-electron chi connectivity index (χ0n) is 30.6. The Morgan fingerprint density at radius 1 is 1.00 bits per heavy atom. The Labute approximate surface area is 306 Å². The molecule has 4 rings (SSSR count). The van der Waals surface area contributed by atoms with Crippen LogP contribution in [-0.4, -0.2) is 97.9 Å². The van der Waals surface area contributed by atoms with E-state index in [2.05, 4.69) is 37.8 Å². The Hall–Kier alpha value is -5.02. The number of guanidine groups is 1. The number of hydrogen-bond donors (Lipinski definition) is 7. The summed E-state index contributed by atoms with van der Waals surface area (Å²) in [5, 5.41) is 8.01. The second-order valence-electron chi connectivity index (χ2n) is 13.1. The van der Waals surface area contributed by atoms with Crippen LogP contribution in [0, 0.1) is 5.92 Å². The highest BCUT2D eigenvalue weighted by Crippen LogP contribution is 2.33. The summed E-state index contributed by atoms with van der Waals surface area (Å²) in [7, 11) is 1.25. The second-order valence-corrected chi connectivity index (χ2v) is 13.1. The van der Waals surface area contributed by atoms with Crippen molar-refractivity contribution in [1.82, 2.24) is 20.9 Å². The molecule has 0 radical (unpaired) electrons. The van der Waals surface area contributed by atoms with Crippen LogP contribution < -0.4 is 38.9 Å². The van der Waals surface area contributed by atoms with E-state index in [-0.39, 0.29) is 42.8 Å². The van der Waals surface area contributed by atoms with Crippen LogP contribution in [-0.2, 0) is 41.6 Å². The molecule has 4 amide bonds. The Balaban J connectivity index is 0.000000307. The van der Waals surface area contributed by atoms with E-state index in [0.717, 1.165) is 37.8 Å². The molecule has 4 atom stereocenters. The molecule has 0 bridgehead atoms. The van der Waals surface area contributed by atoms with Crippen molar-refractivity contribution in [2.24, 2.45) is 33.8 Å². The molecule has 52 heavy (non-hydrogen) atoms. The van der Waals surface area contributed by atoms with Crippen molar-refractivity contribution >= 4 is 36.1 Å². The lowest BCUT2D eigenvalue weighted by molar-refractivity contribution is -0.146. The number of likely N-dealkylation sites (tertiary alicyclic amines) is 1. The fourth-order valence-corrected chi connectivity index (χ4v) is 5.40. The molecule has 2 aromatic rings. The fourth-order valence-electron chi connectivity index (χ4n) is 5.40. The molecule has 2 fully saturated rings. The molecule has 2 aliphatic rings. The van der Waals surface area contributed by atoms with Gasteiger partial charge in [-0.25, -0.2) is 4.79 Å². The first kappa shape index (κ1) is 43.1. The number of nitrogens with two attached hydrogens (primary N) is 4. The number of nitrogens with zero attached hydrogens (tertiary/aromatic N) is 2. The zero-order valence-corrected chi connectivity index (χ0v) is 30.6. The molecule has 2 aromatic carbocycles. The van der Waals surface area contributed by atoms with Crippen LogP contribution in [0.15, 0.2) is 65.7 Å². The predicted octanol–water partition coefficient (Wildman–Crippen LogP) is 0.0937. The van der Waals surface area contributed by atoms with Gasteiger partial charge in [0, 0.05) is 25.7 Å². The maximum absolute atomic E-state index is 12.2. The van der Waals surface area contributed by atoms with E-state index >= 15 is 0 Å². The minimum atomic E-state index is -1.19. The third-order valence-electron chi connectivity index (χ3n) is 8.44. The third-order valence-corrected chi connectivity index (χ3v) is 8.44. The van der Waals surface area contributed by atoms with Gasteiger partial charge >= 0.3 is 5.97 Å². The lowest BCUT2D eigenvalue weighted by Gasteiger charge is -2.22. The van der Waals surface area contributed by atoms with Gasteiger partial charge in [-0.15, -0.1) is 0 Å². The highest BCUT2D eigenvalue weighted by Gasteiger charge is 2.43. The summed E-state index contributed by atoms with van der Waals surface area (Å²) < 4.78 is 4.65. The summed E-state index contributed by atoms with van der Waals surface area (Å²) in [6, 6.07) is 18.9. The predicted molar refractivity (Wildman–Crippen MR) is 200 cm³/mol. The molecule has 1 aliphatic carbocycles. The molecule has 0 spiro atoms. The molecule has 1 saturated heterocycles. The summed E-state index contributed by atoms with van der Waals surface area (Å²) >= 11 is 0. The van der Waals surface area contributed by atoms with Gasteiger partial charge in [0.1, 0.15) is 11.6 Å². The summed E-state index contributed by atoms with van der Waals surface area (Å²) in [6.07, 6.45) is 5.88. The van der Waals surface area contributed by atoms with Gasteiger partial charge in [0.25, 0.3) is 0 Å². The number of esters is 1. The molecular formula is C37H57N9O6. The number of hydrogen-bond acceptors (Lipinski definition) is 9. The largest absolute Gasteiger partial charge is 0.468 e. The number of aliphatic imine (C=N–C) groups is 1. The monoisotopic (exact) mass is 723 g/mol. The molecule has 15 nitrogen and oxygen atoms in total. The molecule has 1 saturated carbocycles. The summed E-state index contributed by atoms with van der Waals surface area (Å²) in [5.74, 6) is -0.713. The Morgan fingerprint density at radius 2 is 1.60 bits per heavy atom. The third kappa shape index (κ3) is 16.3. The van der Waals surface area contributed by atoms with Gasteiger partial charge in [0.05, 0.1) is 19.7 Å². The lowest BCUT2D eigenvalue weighted by Crippen LogP contribution is -2.52. The molecule has 11 N–H and O–H groups in total. The van der Waals surface area contributed by atoms with Gasteiger partial charge in [0.15, 0.2) is 5.96 Å². The van der Waals surface area contributed by atoms with E-state index in [1.54, 1.807) is 0 Å². The molecule has 286 valence electrons. The number of carbonyl (C=O) groups excluding carboxylic acids is 5. The van der Waals surface area contributed by atoms with Gasteiger partial charge in [-0.3, -0.25) is 24.2 Å². The minimum Gasteiger partial charge on any atom is -0.468 e. The summed E-state index contributed by atoms with van der Waals surface area (Å²) in [4.78, 5) is 63.8. The van der Waals surface area contributed by atoms with Crippen molar-refractivity contribution in [3.63, 3.8) is 0 Å². The van der Waals surface area contributed by atoms with Crippen LogP contribution >= 0.6 is 0 Å². The van der Waals surface area contributed by atoms with Gasteiger partial charge < -0.3 is 48.5 Å². The molecule has 3 unspecified atom stereocenters. The molecule has 1 heterocycles. The van der Waals surface area contributed by atoms with Crippen LogP contribution in [0.3, 0.4) is 0 Å². The topological polar surface area (TPSA) is 250 Å². The van der Waals surface area contributed by atoms with E-state index in [9.17, 15) is 24.0 Å². The minimum absolute atomic E-state index is 0.0620. The SMILES string of the molecule is CCCN=C(N)N.COC(=O)C1(N)CCN(C(=O)CNC(=O)C(CC2CC2)NC=O)C1.C[C@@H](Cc1ccccc1)NC(=O)C(N)Cc1ccccc1. The smallest absolute Gasteiger partial charge is 0.327 e. The first-order chi connectivity index (χ1) is 24.8. The van der Waals surface area contributed by atoms with Crippen molar-refractivity contribution < 1.29 is 28.7 Å². The molecule has 1 aliphatic heterocycles. The summed E-state index contributed by atoms with van der Waals surface area (Å²) in [5.41, 5.74) is 23.0. The number of carbonyl (C=O) groups is 5. The molecule has 0 aromatic heterocycles. The number of benzene rings is 2. The van der Waals surface area contributed by atoms with Crippen molar-refractivity contribution in [3.05, 3.63) is 71.8 Å². The van der Waals surface area contributed by atoms with Crippen molar-refractivity contribution in [2.45, 2.75) is 82.5 Å². The van der Waals surface area contributed by atoms with E-state index in [4.69, 9.17) is 22.9 Å². The van der Waals surface area contributed by atoms with Crippen LogP contribution in [0.2, 0.25) is 0 Å². The maximum atomic E-state index is 12.2. The van der Waals surface area contributed by atoms with Crippen LogP contribution in [0.25, 0.3) is 0 Å². The van der Waals surface area contributed by atoms with Crippen molar-refractivity contribution in [2.75, 3.05) is 33.3 Å². The number of nitrogens with one attached hydrogen (secondary N) is 3. The fraction of sp³-hybridized carbons (Fsp3) is 0.514. The average Bonchev–Trinajstić information content (AvgIpc) is 3.87. The first-order valence-electron chi connectivity index (χ1n) is 17.6. The quantitative estimate of drug-likeness (QED) is 0.0532. The van der Waals surface area contributed by atoms with Gasteiger partial charge in [-0.1, -0.05) is 80.4 Å². The van der Waals surface area contributed by atoms with E-state index in [0.29, 0.717) is 38.1 Å². The lowest BCUT2D eigenvalue weighted by atomic mass is 10.0. The molecular weight excluding hydrogens is 666 g/mol. The van der Waals surface area contributed by atoms with Crippen molar-refractivity contribution in [1.29, 1.82) is 0 Å². The van der Waals surface area contributed by atoms with Gasteiger partial charge in [-0.05, 0) is 56.1 Å². The Bertz CT molecular complexity index is 1440. The Morgan fingerprint density at radius 3 is 2.10 bits per heavy atom. The number of rotatable bonds is 16. The number of methoxy groups -OCH3 is 1. The van der Waals surface area contributed by atoms with Crippen molar-refractivity contribution in [3.8, 4) is 0 Å². The van der Waals surface area contributed by atoms with E-state index < -0.39 is 23.6 Å². The Kier molecular flexibility index (Phi) is 18.9. The standard InChI is InChI=1S/C18H22N2O.C15H24N4O5.C4H11N3/c1-14(12-15-8-4-2-5-9-15)20-18(21)17(19)13-16-10-6-3-7-11-16;1-24-14(23)15(16)4-5-19(8-15)12(21)7-17-13(22)11(18-9-20)6-10-2-3-10;1-2-3-7-4(5)6/h2-11,14,17H,12-13,19H2,1H3,(H,20,21);9-11H,2-8,16H2,1H3,(H,17,22)(H,18,20);2-3H2,1H3,(H4,5,6,7)/t14-,17?;;/m0../s1. The van der Waals surface area contributed by atoms with E-state index in [1.165, 1.54) is 17.6 Å². The second kappa shape index (κ2) is 22.7. The van der Waals surface area contributed by atoms with Gasteiger partial charge in [0.2, 0.25) is 24.1 Å². The zero-order chi connectivity index (χ0) is 38.5. The normalized spacial score (nSPS) is 17.7. The van der Waals surface area contributed by atoms with Crippen LogP contribution in [0.5, 0.6) is 0 Å².